The van der Waals surface area contributed by atoms with Crippen LogP contribution in [0, 0.1) is 0 Å². The van der Waals surface area contributed by atoms with Gasteiger partial charge >= 0.3 is 0 Å². The molecule has 0 radical (unpaired) electrons. The van der Waals surface area contributed by atoms with Gasteiger partial charge in [-0.3, -0.25) is 4.79 Å². The summed E-state index contributed by atoms with van der Waals surface area (Å²) in [5, 5.41) is 10.2. The number of hydrogen-bond donors (Lipinski definition) is 1. The smallest absolute Gasteiger partial charge is 0.223 e. The molecule has 4 heteroatoms. The van der Waals surface area contributed by atoms with Gasteiger partial charge in [0.2, 0.25) is 5.91 Å². The second kappa shape index (κ2) is 5.64. The molecule has 0 aromatic rings. The topological polar surface area (TPSA) is 43.8 Å². The van der Waals surface area contributed by atoms with Gasteiger partial charge in [0.1, 0.15) is 0 Å². The van der Waals surface area contributed by atoms with Crippen molar-refractivity contribution in [3.8, 4) is 0 Å². The van der Waals surface area contributed by atoms with Gasteiger partial charge in [-0.2, -0.15) is 0 Å². The van der Waals surface area contributed by atoms with Crippen molar-refractivity contribution in [1.82, 2.24) is 9.80 Å². The second-order valence-electron chi connectivity index (χ2n) is 5.23. The van der Waals surface area contributed by atoms with Crippen molar-refractivity contribution in [2.24, 2.45) is 0 Å². The summed E-state index contributed by atoms with van der Waals surface area (Å²) in [5.41, 5.74) is -0.622. The summed E-state index contributed by atoms with van der Waals surface area (Å²) >= 11 is 0. The Morgan fingerprint density at radius 3 is 2.31 bits per heavy atom. The summed E-state index contributed by atoms with van der Waals surface area (Å²) in [4.78, 5) is 15.4. The molecule has 0 unspecified atom stereocenters. The normalized spacial score (nSPS) is 19.1. The second-order valence-corrected chi connectivity index (χ2v) is 5.23. The van der Waals surface area contributed by atoms with Crippen molar-refractivity contribution in [3.63, 3.8) is 0 Å². The standard InChI is InChI=1S/C12H24N2O2/c1-13(2)9-6-11(15)14(3)10-12(16)7-4-5-8-12/h16H,4-10H2,1-3H3. The van der Waals surface area contributed by atoms with Crippen LogP contribution in [0.2, 0.25) is 0 Å². The predicted molar refractivity (Wildman–Crippen MR) is 64.2 cm³/mol. The van der Waals surface area contributed by atoms with E-state index < -0.39 is 5.60 Å². The summed E-state index contributed by atoms with van der Waals surface area (Å²) in [5.74, 6) is 0.119. The van der Waals surface area contributed by atoms with E-state index >= 15 is 0 Å². The minimum Gasteiger partial charge on any atom is -0.388 e. The molecule has 16 heavy (non-hydrogen) atoms. The lowest BCUT2D eigenvalue weighted by molar-refractivity contribution is -0.133. The molecule has 0 saturated heterocycles. The first-order valence-corrected chi connectivity index (χ1v) is 6.04. The van der Waals surface area contributed by atoms with Crippen LogP contribution in [-0.4, -0.2) is 60.6 Å². The molecule has 1 fully saturated rings. The molecule has 4 nitrogen and oxygen atoms in total. The first-order chi connectivity index (χ1) is 7.43. The number of carbonyl (C=O) groups excluding carboxylic acids is 1. The Balaban J connectivity index is 2.33. The quantitative estimate of drug-likeness (QED) is 0.753. The highest BCUT2D eigenvalue weighted by Gasteiger charge is 2.33. The van der Waals surface area contributed by atoms with E-state index in [1.54, 1.807) is 11.9 Å². The van der Waals surface area contributed by atoms with Crippen LogP contribution in [0.25, 0.3) is 0 Å². The highest BCUT2D eigenvalue weighted by atomic mass is 16.3. The molecule has 0 aromatic carbocycles. The molecule has 94 valence electrons. The van der Waals surface area contributed by atoms with E-state index in [0.717, 1.165) is 32.2 Å². The van der Waals surface area contributed by atoms with Crippen molar-refractivity contribution in [3.05, 3.63) is 0 Å². The van der Waals surface area contributed by atoms with Crippen molar-refractivity contribution in [2.45, 2.75) is 37.7 Å². The van der Waals surface area contributed by atoms with Crippen LogP contribution in [0.1, 0.15) is 32.1 Å². The zero-order valence-electron chi connectivity index (χ0n) is 10.7. The van der Waals surface area contributed by atoms with Gasteiger partial charge in [-0.25, -0.2) is 0 Å². The van der Waals surface area contributed by atoms with Gasteiger partial charge in [-0.1, -0.05) is 12.8 Å². The largest absolute Gasteiger partial charge is 0.388 e. The van der Waals surface area contributed by atoms with Crippen LogP contribution in [0.15, 0.2) is 0 Å². The summed E-state index contributed by atoms with van der Waals surface area (Å²) in [6.45, 7) is 1.25. The molecule has 1 amide bonds. The molecule has 0 aliphatic heterocycles. The van der Waals surface area contributed by atoms with Crippen molar-refractivity contribution >= 4 is 5.91 Å². The van der Waals surface area contributed by atoms with E-state index in [9.17, 15) is 9.90 Å². The third-order valence-corrected chi connectivity index (χ3v) is 3.26. The SMILES string of the molecule is CN(C)CCC(=O)N(C)CC1(O)CCCC1. The molecule has 0 heterocycles. The number of rotatable bonds is 5. The Morgan fingerprint density at radius 1 is 1.25 bits per heavy atom. The van der Waals surface area contributed by atoms with Crippen LogP contribution >= 0.6 is 0 Å². The number of nitrogens with zero attached hydrogens (tertiary/aromatic N) is 2. The molecule has 0 aromatic heterocycles. The van der Waals surface area contributed by atoms with Crippen molar-refractivity contribution in [1.29, 1.82) is 0 Å². The molecule has 0 bridgehead atoms. The molecule has 1 N–H and O–H groups in total. The third kappa shape index (κ3) is 4.10. The van der Waals surface area contributed by atoms with E-state index in [2.05, 4.69) is 0 Å². The molecule has 1 aliphatic rings. The highest BCUT2D eigenvalue weighted by Crippen LogP contribution is 2.29. The minimum absolute atomic E-state index is 0.119. The minimum atomic E-state index is -0.622. The van der Waals surface area contributed by atoms with Crippen molar-refractivity contribution in [2.75, 3.05) is 34.2 Å². The van der Waals surface area contributed by atoms with Gasteiger partial charge < -0.3 is 14.9 Å². The molecular weight excluding hydrogens is 204 g/mol. The fourth-order valence-corrected chi connectivity index (χ4v) is 2.23. The maximum absolute atomic E-state index is 11.8. The van der Waals surface area contributed by atoms with E-state index in [-0.39, 0.29) is 5.91 Å². The third-order valence-electron chi connectivity index (χ3n) is 3.26. The Hall–Kier alpha value is -0.610. The summed E-state index contributed by atoms with van der Waals surface area (Å²) < 4.78 is 0. The maximum Gasteiger partial charge on any atom is 0.223 e. The average Bonchev–Trinajstić information content (AvgIpc) is 2.61. The van der Waals surface area contributed by atoms with E-state index in [1.165, 1.54) is 0 Å². The zero-order chi connectivity index (χ0) is 12.2. The number of aliphatic hydroxyl groups is 1. The lowest BCUT2D eigenvalue weighted by Crippen LogP contribution is -2.42. The van der Waals surface area contributed by atoms with Crippen molar-refractivity contribution < 1.29 is 9.90 Å². The monoisotopic (exact) mass is 228 g/mol. The average molecular weight is 228 g/mol. The van der Waals surface area contributed by atoms with Gasteiger partial charge in [0.25, 0.3) is 0 Å². The zero-order valence-corrected chi connectivity index (χ0v) is 10.7. The van der Waals surface area contributed by atoms with Crippen LogP contribution < -0.4 is 0 Å². The lowest BCUT2D eigenvalue weighted by atomic mass is 10.0. The van der Waals surface area contributed by atoms with Gasteiger partial charge in [-0.05, 0) is 26.9 Å². The number of hydrogen-bond acceptors (Lipinski definition) is 3. The fourth-order valence-electron chi connectivity index (χ4n) is 2.23. The Labute approximate surface area is 98.2 Å². The van der Waals surface area contributed by atoms with Gasteiger partial charge in [0.15, 0.2) is 0 Å². The highest BCUT2D eigenvalue weighted by molar-refractivity contribution is 5.76. The molecular formula is C12H24N2O2. The Bertz CT molecular complexity index is 235. The van der Waals surface area contributed by atoms with E-state index in [1.807, 2.05) is 19.0 Å². The number of carbonyl (C=O) groups is 1. The lowest BCUT2D eigenvalue weighted by Gasteiger charge is -2.29. The molecule has 1 aliphatic carbocycles. The van der Waals surface area contributed by atoms with Crippen LogP contribution in [0.4, 0.5) is 0 Å². The Kier molecular flexibility index (Phi) is 4.74. The molecule has 1 rings (SSSR count). The number of amides is 1. The van der Waals surface area contributed by atoms with Gasteiger partial charge in [0.05, 0.1) is 5.60 Å². The summed E-state index contributed by atoms with van der Waals surface area (Å²) in [7, 11) is 5.70. The summed E-state index contributed by atoms with van der Waals surface area (Å²) in [6.07, 6.45) is 4.35. The van der Waals surface area contributed by atoms with Crippen LogP contribution in [-0.2, 0) is 4.79 Å². The number of likely N-dealkylation sites (N-methyl/N-ethyl adjacent to an activating group) is 1. The maximum atomic E-state index is 11.8. The van der Waals surface area contributed by atoms with Crippen LogP contribution in [0.3, 0.4) is 0 Å². The van der Waals surface area contributed by atoms with Gasteiger partial charge in [-0.15, -0.1) is 0 Å². The molecule has 1 saturated carbocycles. The van der Waals surface area contributed by atoms with E-state index in [0.29, 0.717) is 13.0 Å². The Morgan fingerprint density at radius 2 is 1.81 bits per heavy atom. The fraction of sp³-hybridized carbons (Fsp3) is 0.917. The predicted octanol–water partition coefficient (Wildman–Crippen LogP) is 0.702. The molecule has 0 atom stereocenters. The molecule has 0 spiro atoms. The first kappa shape index (κ1) is 13.5. The summed E-state index contributed by atoms with van der Waals surface area (Å²) in [6, 6.07) is 0. The van der Waals surface area contributed by atoms with E-state index in [4.69, 9.17) is 0 Å². The first-order valence-electron chi connectivity index (χ1n) is 6.04. The van der Waals surface area contributed by atoms with Gasteiger partial charge in [0, 0.05) is 26.6 Å². The van der Waals surface area contributed by atoms with Crippen LogP contribution in [0.5, 0.6) is 0 Å².